The van der Waals surface area contributed by atoms with E-state index in [1.807, 2.05) is 0 Å². The van der Waals surface area contributed by atoms with E-state index in [1.165, 1.54) is 18.2 Å². The SMILES string of the molecule is CC1(C)CC1CNC(=O)c1cc(O)cc(O)c1. The van der Waals surface area contributed by atoms with Crippen LogP contribution in [0.2, 0.25) is 0 Å². The summed E-state index contributed by atoms with van der Waals surface area (Å²) in [5.74, 6) is 0.0417. The molecule has 1 aromatic rings. The Labute approximate surface area is 100 Å². The van der Waals surface area contributed by atoms with E-state index < -0.39 is 0 Å². The van der Waals surface area contributed by atoms with Gasteiger partial charge in [-0.15, -0.1) is 0 Å². The zero-order valence-electron chi connectivity index (χ0n) is 10.0. The molecule has 0 aliphatic heterocycles. The normalized spacial score (nSPS) is 20.9. The molecule has 1 unspecified atom stereocenters. The van der Waals surface area contributed by atoms with Gasteiger partial charge in [-0.05, 0) is 29.9 Å². The lowest BCUT2D eigenvalue weighted by Gasteiger charge is -2.07. The molecule has 4 heteroatoms. The fourth-order valence-corrected chi connectivity index (χ4v) is 1.97. The van der Waals surface area contributed by atoms with Crippen LogP contribution in [0.15, 0.2) is 18.2 Å². The van der Waals surface area contributed by atoms with Gasteiger partial charge in [0.1, 0.15) is 11.5 Å². The molecule has 1 saturated carbocycles. The molecule has 2 rings (SSSR count). The highest BCUT2D eigenvalue weighted by Gasteiger charge is 2.45. The molecule has 1 fully saturated rings. The number of hydrogen-bond acceptors (Lipinski definition) is 3. The van der Waals surface area contributed by atoms with Crippen molar-refractivity contribution in [1.29, 1.82) is 0 Å². The molecule has 92 valence electrons. The molecule has 17 heavy (non-hydrogen) atoms. The molecule has 0 saturated heterocycles. The van der Waals surface area contributed by atoms with Gasteiger partial charge in [0, 0.05) is 18.2 Å². The first-order chi connectivity index (χ1) is 7.88. The molecule has 1 aliphatic rings. The third kappa shape index (κ3) is 2.70. The molecule has 4 nitrogen and oxygen atoms in total. The average molecular weight is 235 g/mol. The Balaban J connectivity index is 1.95. The second-order valence-corrected chi connectivity index (χ2v) is 5.34. The van der Waals surface area contributed by atoms with E-state index in [0.29, 0.717) is 17.9 Å². The molecule has 1 amide bonds. The number of hydrogen-bond donors (Lipinski definition) is 3. The Morgan fingerprint density at radius 1 is 1.35 bits per heavy atom. The van der Waals surface area contributed by atoms with Crippen molar-refractivity contribution in [3.05, 3.63) is 23.8 Å². The predicted molar refractivity (Wildman–Crippen MR) is 64.0 cm³/mol. The summed E-state index contributed by atoms with van der Waals surface area (Å²) in [4.78, 5) is 11.8. The molecule has 0 aromatic heterocycles. The van der Waals surface area contributed by atoms with Crippen molar-refractivity contribution in [3.63, 3.8) is 0 Å². The Morgan fingerprint density at radius 2 is 1.88 bits per heavy atom. The van der Waals surface area contributed by atoms with Crippen LogP contribution in [-0.2, 0) is 0 Å². The van der Waals surface area contributed by atoms with Crippen molar-refractivity contribution in [2.24, 2.45) is 11.3 Å². The summed E-state index contributed by atoms with van der Waals surface area (Å²) < 4.78 is 0. The van der Waals surface area contributed by atoms with Crippen LogP contribution in [0.25, 0.3) is 0 Å². The van der Waals surface area contributed by atoms with Gasteiger partial charge in [-0.3, -0.25) is 4.79 Å². The first kappa shape index (κ1) is 11.8. The maximum absolute atomic E-state index is 11.8. The fourth-order valence-electron chi connectivity index (χ4n) is 1.97. The van der Waals surface area contributed by atoms with Crippen molar-refractivity contribution in [1.82, 2.24) is 5.32 Å². The second-order valence-electron chi connectivity index (χ2n) is 5.34. The third-order valence-corrected chi connectivity index (χ3v) is 3.39. The second kappa shape index (κ2) is 3.95. The van der Waals surface area contributed by atoms with Crippen molar-refractivity contribution in [2.45, 2.75) is 20.3 Å². The number of aromatic hydroxyl groups is 2. The maximum Gasteiger partial charge on any atom is 0.251 e. The molecule has 1 atom stereocenters. The smallest absolute Gasteiger partial charge is 0.251 e. The molecule has 0 spiro atoms. The van der Waals surface area contributed by atoms with E-state index >= 15 is 0 Å². The minimum atomic E-state index is -0.265. The largest absolute Gasteiger partial charge is 0.508 e. The zero-order valence-corrected chi connectivity index (χ0v) is 10.0. The summed E-state index contributed by atoms with van der Waals surface area (Å²) in [7, 11) is 0. The van der Waals surface area contributed by atoms with E-state index in [0.717, 1.165) is 6.42 Å². The highest BCUT2D eigenvalue weighted by Crippen LogP contribution is 2.50. The van der Waals surface area contributed by atoms with E-state index in [2.05, 4.69) is 19.2 Å². The predicted octanol–water partition coefficient (Wildman–Crippen LogP) is 1.87. The van der Waals surface area contributed by atoms with Gasteiger partial charge in [-0.1, -0.05) is 13.8 Å². The summed E-state index contributed by atoms with van der Waals surface area (Å²) in [6, 6.07) is 3.88. The lowest BCUT2D eigenvalue weighted by atomic mass is 10.1. The number of carbonyl (C=O) groups is 1. The number of phenols is 2. The first-order valence-corrected chi connectivity index (χ1v) is 5.70. The van der Waals surface area contributed by atoms with Crippen LogP contribution in [0, 0.1) is 11.3 Å². The van der Waals surface area contributed by atoms with Crippen molar-refractivity contribution >= 4 is 5.91 Å². The molecule has 3 N–H and O–H groups in total. The van der Waals surface area contributed by atoms with Crippen LogP contribution in [0.3, 0.4) is 0 Å². The number of benzene rings is 1. The number of rotatable bonds is 3. The average Bonchev–Trinajstić information content (AvgIpc) is 2.81. The Bertz CT molecular complexity index is 434. The van der Waals surface area contributed by atoms with E-state index in [-0.39, 0.29) is 23.0 Å². The highest BCUT2D eigenvalue weighted by molar-refractivity contribution is 5.95. The van der Waals surface area contributed by atoms with E-state index in [4.69, 9.17) is 0 Å². The van der Waals surface area contributed by atoms with Crippen LogP contribution in [0.4, 0.5) is 0 Å². The van der Waals surface area contributed by atoms with E-state index in [9.17, 15) is 15.0 Å². The molecule has 1 aromatic carbocycles. The Kier molecular flexibility index (Phi) is 2.73. The molecular formula is C13H17NO3. The van der Waals surface area contributed by atoms with Crippen molar-refractivity contribution < 1.29 is 15.0 Å². The fraction of sp³-hybridized carbons (Fsp3) is 0.462. The van der Waals surface area contributed by atoms with Gasteiger partial charge in [-0.2, -0.15) is 0 Å². The number of phenolic OH excluding ortho intramolecular Hbond substituents is 2. The summed E-state index contributed by atoms with van der Waals surface area (Å²) in [6.07, 6.45) is 1.12. The lowest BCUT2D eigenvalue weighted by molar-refractivity contribution is 0.0950. The monoisotopic (exact) mass is 235 g/mol. The van der Waals surface area contributed by atoms with Crippen LogP contribution in [0.5, 0.6) is 11.5 Å². The molecule has 1 aliphatic carbocycles. The molecule has 0 bridgehead atoms. The summed E-state index contributed by atoms with van der Waals surface area (Å²) in [5.41, 5.74) is 0.606. The van der Waals surface area contributed by atoms with Gasteiger partial charge in [0.05, 0.1) is 0 Å². The van der Waals surface area contributed by atoms with Gasteiger partial charge in [-0.25, -0.2) is 0 Å². The summed E-state index contributed by atoms with van der Waals surface area (Å²) >= 11 is 0. The van der Waals surface area contributed by atoms with Gasteiger partial charge < -0.3 is 15.5 Å². The third-order valence-electron chi connectivity index (χ3n) is 3.39. The number of amides is 1. The van der Waals surface area contributed by atoms with Crippen molar-refractivity contribution in [2.75, 3.05) is 6.54 Å². The lowest BCUT2D eigenvalue weighted by Crippen LogP contribution is -2.26. The maximum atomic E-state index is 11.8. The minimum Gasteiger partial charge on any atom is -0.508 e. The van der Waals surface area contributed by atoms with E-state index in [1.54, 1.807) is 0 Å². The topological polar surface area (TPSA) is 69.6 Å². The number of nitrogens with one attached hydrogen (secondary N) is 1. The Hall–Kier alpha value is -1.71. The zero-order chi connectivity index (χ0) is 12.6. The van der Waals surface area contributed by atoms with Gasteiger partial charge in [0.25, 0.3) is 5.91 Å². The quantitative estimate of drug-likeness (QED) is 0.749. The molecule has 0 radical (unpaired) electrons. The van der Waals surface area contributed by atoms with Crippen LogP contribution < -0.4 is 5.32 Å². The van der Waals surface area contributed by atoms with Crippen LogP contribution >= 0.6 is 0 Å². The number of carbonyl (C=O) groups excluding carboxylic acids is 1. The summed E-state index contributed by atoms with van der Waals surface area (Å²) in [6.45, 7) is 4.98. The molecular weight excluding hydrogens is 218 g/mol. The van der Waals surface area contributed by atoms with Gasteiger partial charge >= 0.3 is 0 Å². The van der Waals surface area contributed by atoms with Crippen LogP contribution in [0.1, 0.15) is 30.6 Å². The van der Waals surface area contributed by atoms with Crippen LogP contribution in [-0.4, -0.2) is 22.7 Å². The molecule has 0 heterocycles. The van der Waals surface area contributed by atoms with Crippen molar-refractivity contribution in [3.8, 4) is 11.5 Å². The Morgan fingerprint density at radius 3 is 2.35 bits per heavy atom. The minimum absolute atomic E-state index is 0.109. The summed E-state index contributed by atoms with van der Waals surface area (Å²) in [5, 5.41) is 21.4. The van der Waals surface area contributed by atoms with Gasteiger partial charge in [0.15, 0.2) is 0 Å². The standard InChI is InChI=1S/C13H17NO3/c1-13(2)6-9(13)7-14-12(17)8-3-10(15)5-11(16)4-8/h3-5,9,15-16H,6-7H2,1-2H3,(H,14,17). The van der Waals surface area contributed by atoms with Gasteiger partial charge in [0.2, 0.25) is 0 Å². The highest BCUT2D eigenvalue weighted by atomic mass is 16.3. The first-order valence-electron chi connectivity index (χ1n) is 5.70.